The first-order chi connectivity index (χ1) is 8.96. The van der Waals surface area contributed by atoms with Crippen molar-refractivity contribution in [2.45, 2.75) is 57.9 Å². The molecule has 1 aromatic heterocycles. The highest BCUT2D eigenvalue weighted by atomic mass is 35.5. The molecule has 0 spiro atoms. The summed E-state index contributed by atoms with van der Waals surface area (Å²) >= 11 is 1.66. The van der Waals surface area contributed by atoms with Gasteiger partial charge in [-0.3, -0.25) is 4.79 Å². The zero-order valence-corrected chi connectivity index (χ0v) is 14.0. The third-order valence-corrected chi connectivity index (χ3v) is 4.66. The van der Waals surface area contributed by atoms with Crippen LogP contribution in [-0.4, -0.2) is 18.0 Å². The quantitative estimate of drug-likeness (QED) is 0.899. The van der Waals surface area contributed by atoms with Gasteiger partial charge < -0.3 is 11.1 Å². The van der Waals surface area contributed by atoms with Gasteiger partial charge in [-0.25, -0.2) is 0 Å². The second-order valence-corrected chi connectivity index (χ2v) is 7.28. The fourth-order valence-electron chi connectivity index (χ4n) is 2.35. The summed E-state index contributed by atoms with van der Waals surface area (Å²) < 4.78 is 0. The molecule has 1 amide bonds. The standard InChI is InChI=1S/C15H24N2OS.ClH/c1-15(2,16)10-17-14(18)13-9-11-7-5-3-4-6-8-12(11)19-13;/h9H,3-8,10,16H2,1-2H3,(H,17,18);1H. The van der Waals surface area contributed by atoms with E-state index in [0.29, 0.717) is 6.54 Å². The highest BCUT2D eigenvalue weighted by molar-refractivity contribution is 7.14. The van der Waals surface area contributed by atoms with Crippen LogP contribution < -0.4 is 11.1 Å². The fraction of sp³-hybridized carbons (Fsp3) is 0.667. The van der Waals surface area contributed by atoms with Crippen molar-refractivity contribution < 1.29 is 4.79 Å². The number of carbonyl (C=O) groups excluding carboxylic acids is 1. The smallest absolute Gasteiger partial charge is 0.261 e. The zero-order valence-electron chi connectivity index (χ0n) is 12.3. The number of thiophene rings is 1. The van der Waals surface area contributed by atoms with Crippen LogP contribution >= 0.6 is 23.7 Å². The van der Waals surface area contributed by atoms with Gasteiger partial charge in [-0.1, -0.05) is 12.8 Å². The Hall–Kier alpha value is -0.580. The number of aryl methyl sites for hydroxylation is 2. The van der Waals surface area contributed by atoms with E-state index in [-0.39, 0.29) is 23.9 Å². The molecule has 0 saturated carbocycles. The average molecular weight is 317 g/mol. The molecule has 20 heavy (non-hydrogen) atoms. The van der Waals surface area contributed by atoms with Crippen molar-refractivity contribution in [1.82, 2.24) is 5.32 Å². The van der Waals surface area contributed by atoms with Crippen molar-refractivity contribution in [3.8, 4) is 0 Å². The summed E-state index contributed by atoms with van der Waals surface area (Å²) in [5, 5.41) is 2.93. The molecule has 0 radical (unpaired) electrons. The van der Waals surface area contributed by atoms with Crippen molar-refractivity contribution in [1.29, 1.82) is 0 Å². The second kappa shape index (κ2) is 7.43. The molecule has 0 unspecified atom stereocenters. The van der Waals surface area contributed by atoms with Crippen LogP contribution in [0.25, 0.3) is 0 Å². The molecule has 1 heterocycles. The minimum atomic E-state index is -0.360. The molecule has 0 aliphatic heterocycles. The second-order valence-electron chi connectivity index (χ2n) is 6.14. The number of nitrogens with two attached hydrogens (primary N) is 1. The van der Waals surface area contributed by atoms with Crippen LogP contribution in [-0.2, 0) is 12.8 Å². The normalized spacial score (nSPS) is 15.6. The van der Waals surface area contributed by atoms with Crippen LogP contribution in [0.1, 0.15) is 59.6 Å². The minimum absolute atomic E-state index is 0. The van der Waals surface area contributed by atoms with Crippen LogP contribution in [0.4, 0.5) is 0 Å². The molecule has 0 fully saturated rings. The average Bonchev–Trinajstić information content (AvgIpc) is 2.68. The lowest BCUT2D eigenvalue weighted by Gasteiger charge is -2.18. The maximum absolute atomic E-state index is 12.1. The topological polar surface area (TPSA) is 55.1 Å². The molecular weight excluding hydrogens is 292 g/mol. The van der Waals surface area contributed by atoms with E-state index in [1.54, 1.807) is 11.3 Å². The molecule has 0 bridgehead atoms. The summed E-state index contributed by atoms with van der Waals surface area (Å²) in [5.41, 5.74) is 6.92. The van der Waals surface area contributed by atoms with Crippen LogP contribution in [0.5, 0.6) is 0 Å². The Morgan fingerprint density at radius 1 is 1.30 bits per heavy atom. The minimum Gasteiger partial charge on any atom is -0.350 e. The molecule has 0 atom stereocenters. The number of halogens is 1. The predicted molar refractivity (Wildman–Crippen MR) is 88.0 cm³/mol. The van der Waals surface area contributed by atoms with Gasteiger partial charge in [0.2, 0.25) is 0 Å². The number of fused-ring (bicyclic) bond motifs is 1. The van der Waals surface area contributed by atoms with E-state index in [9.17, 15) is 4.79 Å². The Kier molecular flexibility index (Phi) is 6.49. The van der Waals surface area contributed by atoms with E-state index in [4.69, 9.17) is 5.73 Å². The summed E-state index contributed by atoms with van der Waals surface area (Å²) in [7, 11) is 0. The van der Waals surface area contributed by atoms with Crippen LogP contribution in [0.15, 0.2) is 6.07 Å². The van der Waals surface area contributed by atoms with Gasteiger partial charge in [-0.2, -0.15) is 0 Å². The first-order valence-corrected chi connectivity index (χ1v) is 7.96. The van der Waals surface area contributed by atoms with Crippen molar-refractivity contribution in [3.05, 3.63) is 21.4 Å². The third-order valence-electron chi connectivity index (χ3n) is 3.42. The van der Waals surface area contributed by atoms with E-state index in [2.05, 4.69) is 11.4 Å². The summed E-state index contributed by atoms with van der Waals surface area (Å²) in [6.45, 7) is 4.34. The van der Waals surface area contributed by atoms with E-state index in [1.165, 1.54) is 36.1 Å². The molecule has 0 saturated heterocycles. The van der Waals surface area contributed by atoms with Gasteiger partial charge in [0, 0.05) is 17.0 Å². The first kappa shape index (κ1) is 17.5. The van der Waals surface area contributed by atoms with Gasteiger partial charge in [0.15, 0.2) is 0 Å². The maximum Gasteiger partial charge on any atom is 0.261 e. The van der Waals surface area contributed by atoms with Crippen LogP contribution in [0.2, 0.25) is 0 Å². The lowest BCUT2D eigenvalue weighted by Crippen LogP contribution is -2.44. The maximum atomic E-state index is 12.1. The monoisotopic (exact) mass is 316 g/mol. The molecule has 1 aliphatic rings. The number of carbonyl (C=O) groups is 1. The summed E-state index contributed by atoms with van der Waals surface area (Å²) in [6.07, 6.45) is 7.40. The van der Waals surface area contributed by atoms with E-state index < -0.39 is 0 Å². The third kappa shape index (κ3) is 5.08. The van der Waals surface area contributed by atoms with Crippen molar-refractivity contribution in [2.24, 2.45) is 5.73 Å². The Morgan fingerprint density at radius 3 is 2.60 bits per heavy atom. The van der Waals surface area contributed by atoms with Gasteiger partial charge in [-0.05, 0) is 51.2 Å². The predicted octanol–water partition coefficient (Wildman–Crippen LogP) is 3.30. The highest BCUT2D eigenvalue weighted by Crippen LogP contribution is 2.28. The summed E-state index contributed by atoms with van der Waals surface area (Å²) in [5.74, 6) is 0.0234. The lowest BCUT2D eigenvalue weighted by atomic mass is 10.00. The molecule has 5 heteroatoms. The molecule has 1 aromatic rings. The van der Waals surface area contributed by atoms with Gasteiger partial charge in [0.25, 0.3) is 5.91 Å². The number of nitrogens with one attached hydrogen (secondary N) is 1. The largest absolute Gasteiger partial charge is 0.350 e. The zero-order chi connectivity index (χ0) is 13.9. The van der Waals surface area contributed by atoms with Gasteiger partial charge >= 0.3 is 0 Å². The van der Waals surface area contributed by atoms with Crippen molar-refractivity contribution in [3.63, 3.8) is 0 Å². The molecule has 2 rings (SSSR count). The highest BCUT2D eigenvalue weighted by Gasteiger charge is 2.18. The molecule has 3 N–H and O–H groups in total. The Morgan fingerprint density at radius 2 is 1.95 bits per heavy atom. The number of hydrogen-bond donors (Lipinski definition) is 2. The molecule has 1 aliphatic carbocycles. The SMILES string of the molecule is CC(C)(N)CNC(=O)c1cc2c(s1)CCCCCC2.Cl. The lowest BCUT2D eigenvalue weighted by molar-refractivity contribution is 0.0950. The van der Waals surface area contributed by atoms with Gasteiger partial charge in [0.1, 0.15) is 0 Å². The van der Waals surface area contributed by atoms with Crippen LogP contribution in [0, 0.1) is 0 Å². The Balaban J connectivity index is 0.00000200. The Bertz CT molecular complexity index is 426. The van der Waals surface area contributed by atoms with E-state index in [1.807, 2.05) is 13.8 Å². The van der Waals surface area contributed by atoms with E-state index >= 15 is 0 Å². The van der Waals surface area contributed by atoms with Gasteiger partial charge in [-0.15, -0.1) is 23.7 Å². The summed E-state index contributed by atoms with van der Waals surface area (Å²) in [4.78, 5) is 14.4. The van der Waals surface area contributed by atoms with E-state index in [0.717, 1.165) is 17.7 Å². The number of rotatable bonds is 3. The number of hydrogen-bond acceptors (Lipinski definition) is 3. The first-order valence-electron chi connectivity index (χ1n) is 7.14. The molecule has 114 valence electrons. The number of amides is 1. The van der Waals surface area contributed by atoms with Crippen molar-refractivity contribution in [2.75, 3.05) is 6.54 Å². The van der Waals surface area contributed by atoms with Crippen LogP contribution in [0.3, 0.4) is 0 Å². The van der Waals surface area contributed by atoms with Crippen molar-refractivity contribution >= 4 is 29.7 Å². The molecular formula is C15H25ClN2OS. The molecule has 0 aromatic carbocycles. The summed E-state index contributed by atoms with van der Waals surface area (Å²) in [6, 6.07) is 2.09. The Labute approximate surface area is 131 Å². The van der Waals surface area contributed by atoms with Gasteiger partial charge in [0.05, 0.1) is 4.88 Å². The fourth-order valence-corrected chi connectivity index (χ4v) is 3.52. The molecule has 3 nitrogen and oxygen atoms in total.